The molecule has 110 valence electrons. The molecule has 0 spiro atoms. The SMILES string of the molecule is CC(c1ccccn1)C(O)C1CCC2CCCCC2C1. The Balaban J connectivity index is 1.64. The number of hydrogen-bond donors (Lipinski definition) is 1. The molecule has 1 heterocycles. The van der Waals surface area contributed by atoms with E-state index >= 15 is 0 Å². The van der Waals surface area contributed by atoms with Crippen molar-refractivity contribution in [1.29, 1.82) is 0 Å². The maximum Gasteiger partial charge on any atom is 0.0649 e. The van der Waals surface area contributed by atoms with E-state index in [1.54, 1.807) is 0 Å². The van der Waals surface area contributed by atoms with Crippen LogP contribution in [0.5, 0.6) is 0 Å². The second-order valence-corrected chi connectivity index (χ2v) is 6.91. The van der Waals surface area contributed by atoms with Crippen molar-refractivity contribution in [3.63, 3.8) is 0 Å². The number of fused-ring (bicyclic) bond motifs is 1. The van der Waals surface area contributed by atoms with Crippen LogP contribution in [-0.2, 0) is 0 Å². The molecule has 20 heavy (non-hydrogen) atoms. The van der Waals surface area contributed by atoms with Gasteiger partial charge in [-0.3, -0.25) is 4.98 Å². The summed E-state index contributed by atoms with van der Waals surface area (Å²) in [6, 6.07) is 6.00. The molecule has 1 aromatic heterocycles. The van der Waals surface area contributed by atoms with Gasteiger partial charge >= 0.3 is 0 Å². The first-order chi connectivity index (χ1) is 9.75. The third kappa shape index (κ3) is 2.90. The molecule has 1 N–H and O–H groups in total. The second kappa shape index (κ2) is 6.26. The summed E-state index contributed by atoms with van der Waals surface area (Å²) in [6.07, 6.45) is 11.0. The number of nitrogens with zero attached hydrogens (tertiary/aromatic N) is 1. The first kappa shape index (κ1) is 14.1. The van der Waals surface area contributed by atoms with E-state index in [0.29, 0.717) is 5.92 Å². The fraction of sp³-hybridized carbons (Fsp3) is 0.722. The largest absolute Gasteiger partial charge is 0.392 e. The highest BCUT2D eigenvalue weighted by Crippen LogP contribution is 2.45. The van der Waals surface area contributed by atoms with Crippen molar-refractivity contribution in [3.05, 3.63) is 30.1 Å². The van der Waals surface area contributed by atoms with E-state index < -0.39 is 0 Å². The Kier molecular flexibility index (Phi) is 4.40. The molecular weight excluding hydrogens is 246 g/mol. The fourth-order valence-corrected chi connectivity index (χ4v) is 4.45. The van der Waals surface area contributed by atoms with Gasteiger partial charge in [0.15, 0.2) is 0 Å². The van der Waals surface area contributed by atoms with Gasteiger partial charge in [-0.1, -0.05) is 38.7 Å². The van der Waals surface area contributed by atoms with Crippen LogP contribution in [0.3, 0.4) is 0 Å². The highest BCUT2D eigenvalue weighted by Gasteiger charge is 2.36. The second-order valence-electron chi connectivity index (χ2n) is 6.91. The zero-order valence-electron chi connectivity index (χ0n) is 12.5. The molecule has 2 aliphatic carbocycles. The summed E-state index contributed by atoms with van der Waals surface area (Å²) in [5.41, 5.74) is 1.03. The van der Waals surface area contributed by atoms with E-state index in [9.17, 15) is 5.11 Å². The van der Waals surface area contributed by atoms with Gasteiger partial charge in [0.1, 0.15) is 0 Å². The number of aliphatic hydroxyl groups is 1. The van der Waals surface area contributed by atoms with Gasteiger partial charge in [-0.15, -0.1) is 0 Å². The Morgan fingerprint density at radius 3 is 2.65 bits per heavy atom. The topological polar surface area (TPSA) is 33.1 Å². The average molecular weight is 273 g/mol. The summed E-state index contributed by atoms with van der Waals surface area (Å²) in [5.74, 6) is 2.47. The van der Waals surface area contributed by atoms with Crippen molar-refractivity contribution in [1.82, 2.24) is 4.98 Å². The van der Waals surface area contributed by atoms with Crippen molar-refractivity contribution in [2.24, 2.45) is 17.8 Å². The van der Waals surface area contributed by atoms with Gasteiger partial charge in [-0.05, 0) is 49.1 Å². The van der Waals surface area contributed by atoms with Crippen LogP contribution in [0.4, 0.5) is 0 Å². The van der Waals surface area contributed by atoms with Crippen LogP contribution in [0, 0.1) is 17.8 Å². The van der Waals surface area contributed by atoms with Crippen molar-refractivity contribution < 1.29 is 5.11 Å². The average Bonchev–Trinajstić information content (AvgIpc) is 2.54. The molecule has 3 rings (SSSR count). The molecule has 0 bridgehead atoms. The maximum atomic E-state index is 10.7. The van der Waals surface area contributed by atoms with Crippen LogP contribution in [0.2, 0.25) is 0 Å². The predicted molar refractivity (Wildman–Crippen MR) is 81.4 cm³/mol. The first-order valence-corrected chi connectivity index (χ1v) is 8.34. The number of hydrogen-bond acceptors (Lipinski definition) is 2. The van der Waals surface area contributed by atoms with Crippen molar-refractivity contribution in [3.8, 4) is 0 Å². The molecule has 1 aromatic rings. The molecule has 2 heteroatoms. The smallest absolute Gasteiger partial charge is 0.0649 e. The molecule has 2 saturated carbocycles. The lowest BCUT2D eigenvalue weighted by Crippen LogP contribution is -2.35. The Morgan fingerprint density at radius 1 is 1.10 bits per heavy atom. The zero-order chi connectivity index (χ0) is 13.9. The van der Waals surface area contributed by atoms with Crippen molar-refractivity contribution >= 4 is 0 Å². The summed E-state index contributed by atoms with van der Waals surface area (Å²) in [5, 5.41) is 10.7. The predicted octanol–water partition coefficient (Wildman–Crippen LogP) is 4.15. The molecule has 0 radical (unpaired) electrons. The Hall–Kier alpha value is -0.890. The standard InChI is InChI=1S/C18H27NO/c1-13(17-8-4-5-11-19-17)18(20)16-10-9-14-6-2-3-7-15(14)12-16/h4-5,8,11,13-16,18,20H,2-3,6-7,9-10,12H2,1H3. The van der Waals surface area contributed by atoms with E-state index in [0.717, 1.165) is 17.5 Å². The van der Waals surface area contributed by atoms with Gasteiger partial charge in [-0.2, -0.15) is 0 Å². The monoisotopic (exact) mass is 273 g/mol. The molecule has 5 unspecified atom stereocenters. The first-order valence-electron chi connectivity index (χ1n) is 8.34. The number of aromatic nitrogens is 1. The summed E-state index contributed by atoms with van der Waals surface area (Å²) < 4.78 is 0. The Morgan fingerprint density at radius 2 is 1.90 bits per heavy atom. The molecule has 2 nitrogen and oxygen atoms in total. The van der Waals surface area contributed by atoms with Gasteiger partial charge < -0.3 is 5.11 Å². The molecular formula is C18H27NO. The van der Waals surface area contributed by atoms with Crippen LogP contribution in [0.25, 0.3) is 0 Å². The molecule has 2 aliphatic rings. The summed E-state index contributed by atoms with van der Waals surface area (Å²) in [4.78, 5) is 4.42. The quantitative estimate of drug-likeness (QED) is 0.897. The minimum Gasteiger partial charge on any atom is -0.392 e. The van der Waals surface area contributed by atoms with Gasteiger partial charge in [0.2, 0.25) is 0 Å². The van der Waals surface area contributed by atoms with Crippen LogP contribution in [0.15, 0.2) is 24.4 Å². The lowest BCUT2D eigenvalue weighted by Gasteiger charge is -2.41. The van der Waals surface area contributed by atoms with Crippen LogP contribution < -0.4 is 0 Å². The highest BCUT2D eigenvalue weighted by molar-refractivity contribution is 5.10. The van der Waals surface area contributed by atoms with Gasteiger partial charge in [0.25, 0.3) is 0 Å². The lowest BCUT2D eigenvalue weighted by molar-refractivity contribution is 0.0225. The highest BCUT2D eigenvalue weighted by atomic mass is 16.3. The molecule has 2 fully saturated rings. The van der Waals surface area contributed by atoms with Gasteiger partial charge in [0, 0.05) is 17.8 Å². The molecule has 5 atom stereocenters. The van der Waals surface area contributed by atoms with Crippen LogP contribution >= 0.6 is 0 Å². The fourth-order valence-electron chi connectivity index (χ4n) is 4.45. The Labute approximate surface area is 122 Å². The van der Waals surface area contributed by atoms with Gasteiger partial charge in [0.05, 0.1) is 6.10 Å². The molecule has 0 amide bonds. The third-order valence-electron chi connectivity index (χ3n) is 5.73. The summed E-state index contributed by atoms with van der Waals surface area (Å²) in [6.45, 7) is 2.12. The summed E-state index contributed by atoms with van der Waals surface area (Å²) in [7, 11) is 0. The van der Waals surface area contributed by atoms with E-state index in [1.165, 1.54) is 44.9 Å². The lowest BCUT2D eigenvalue weighted by atomic mass is 9.65. The number of pyridine rings is 1. The molecule has 0 aliphatic heterocycles. The molecule has 0 saturated heterocycles. The third-order valence-corrected chi connectivity index (χ3v) is 5.73. The number of rotatable bonds is 3. The minimum absolute atomic E-state index is 0.154. The van der Waals surface area contributed by atoms with Crippen LogP contribution in [-0.4, -0.2) is 16.2 Å². The maximum absolute atomic E-state index is 10.7. The van der Waals surface area contributed by atoms with Crippen molar-refractivity contribution in [2.75, 3.05) is 0 Å². The van der Waals surface area contributed by atoms with E-state index in [-0.39, 0.29) is 12.0 Å². The zero-order valence-corrected chi connectivity index (χ0v) is 12.5. The van der Waals surface area contributed by atoms with Crippen LogP contribution in [0.1, 0.15) is 63.5 Å². The molecule has 0 aromatic carbocycles. The van der Waals surface area contributed by atoms with Crippen molar-refractivity contribution in [2.45, 2.75) is 63.9 Å². The van der Waals surface area contributed by atoms with E-state index in [2.05, 4.69) is 11.9 Å². The van der Waals surface area contributed by atoms with E-state index in [4.69, 9.17) is 0 Å². The normalized spacial score (nSPS) is 33.2. The van der Waals surface area contributed by atoms with Gasteiger partial charge in [-0.25, -0.2) is 0 Å². The van der Waals surface area contributed by atoms with E-state index in [1.807, 2.05) is 24.4 Å². The number of aliphatic hydroxyl groups excluding tert-OH is 1. The summed E-state index contributed by atoms with van der Waals surface area (Å²) >= 11 is 0. The Bertz CT molecular complexity index is 419. The minimum atomic E-state index is -0.229.